The molecule has 0 bridgehead atoms. The van der Waals surface area contributed by atoms with Crippen molar-refractivity contribution in [2.75, 3.05) is 11.9 Å². The Morgan fingerprint density at radius 3 is 2.72 bits per heavy atom. The molecule has 0 radical (unpaired) electrons. The Morgan fingerprint density at radius 1 is 1.24 bits per heavy atom. The van der Waals surface area contributed by atoms with Crippen molar-refractivity contribution in [1.82, 2.24) is 15.4 Å². The number of hydrogen-bond acceptors (Lipinski definition) is 5. The highest BCUT2D eigenvalue weighted by Gasteiger charge is 2.41. The van der Waals surface area contributed by atoms with Crippen molar-refractivity contribution in [2.45, 2.75) is 18.5 Å². The minimum atomic E-state index is -0.893. The van der Waals surface area contributed by atoms with Gasteiger partial charge in [0.05, 0.1) is 11.7 Å². The second-order valence-corrected chi connectivity index (χ2v) is 7.61. The Morgan fingerprint density at radius 2 is 2.00 bits per heavy atom. The van der Waals surface area contributed by atoms with Crippen LogP contribution in [0.1, 0.15) is 18.0 Å². The average molecular weight is 464 g/mol. The topological polar surface area (TPSA) is 77.0 Å². The van der Waals surface area contributed by atoms with Crippen LogP contribution in [0.15, 0.2) is 52.0 Å². The van der Waals surface area contributed by atoms with Gasteiger partial charge < -0.3 is 5.32 Å². The van der Waals surface area contributed by atoms with E-state index in [9.17, 15) is 18.4 Å². The summed E-state index contributed by atoms with van der Waals surface area (Å²) >= 11 is 3.39. The summed E-state index contributed by atoms with van der Waals surface area (Å²) in [6, 6.07) is 10.0. The molecule has 2 aromatic carbocycles. The molecular formula is C19H16BrF2N5O2. The van der Waals surface area contributed by atoms with Crippen LogP contribution < -0.4 is 10.7 Å². The minimum absolute atomic E-state index is 0.0643. The molecule has 2 atom stereocenters. The lowest BCUT2D eigenvalue weighted by Gasteiger charge is -2.29. The first-order chi connectivity index (χ1) is 13.9. The Balaban J connectivity index is 1.40. The van der Waals surface area contributed by atoms with Crippen molar-refractivity contribution < 1.29 is 18.4 Å². The number of anilines is 1. The van der Waals surface area contributed by atoms with Gasteiger partial charge in [-0.3, -0.25) is 14.6 Å². The van der Waals surface area contributed by atoms with Crippen LogP contribution in [0.3, 0.4) is 0 Å². The summed E-state index contributed by atoms with van der Waals surface area (Å²) in [4.78, 5) is 25.0. The zero-order valence-electron chi connectivity index (χ0n) is 15.0. The maximum absolute atomic E-state index is 13.7. The van der Waals surface area contributed by atoms with Gasteiger partial charge in [0.25, 0.3) is 5.91 Å². The van der Waals surface area contributed by atoms with E-state index >= 15 is 0 Å². The molecule has 2 N–H and O–H groups in total. The Bertz CT molecular complexity index is 985. The van der Waals surface area contributed by atoms with Gasteiger partial charge in [-0.25, -0.2) is 19.2 Å². The van der Waals surface area contributed by atoms with Crippen LogP contribution in [-0.2, 0) is 9.59 Å². The fraction of sp³-hybridized carbons (Fsp3) is 0.211. The number of hydrazine groups is 1. The standard InChI is InChI=1S/C19H16BrF2N5O2/c20-12-3-1-11(2-4-12)16-8-17-19(29)26(23-10-27(17)25-16)9-18(28)24-15-6-5-13(21)7-14(15)22/h1-7,10,16-17,25H,8-9H2,(H,24,28). The van der Waals surface area contributed by atoms with E-state index in [-0.39, 0.29) is 24.2 Å². The third-order valence-electron chi connectivity index (χ3n) is 4.73. The highest BCUT2D eigenvalue weighted by molar-refractivity contribution is 9.10. The molecule has 0 spiro atoms. The maximum Gasteiger partial charge on any atom is 0.267 e. The molecule has 0 aliphatic carbocycles. The highest BCUT2D eigenvalue weighted by Crippen LogP contribution is 2.30. The fourth-order valence-electron chi connectivity index (χ4n) is 3.28. The predicted octanol–water partition coefficient (Wildman–Crippen LogP) is 2.77. The molecule has 29 heavy (non-hydrogen) atoms. The van der Waals surface area contributed by atoms with Crippen LogP contribution >= 0.6 is 15.9 Å². The fourth-order valence-corrected chi connectivity index (χ4v) is 3.55. The van der Waals surface area contributed by atoms with Crippen LogP contribution in [0, 0.1) is 11.6 Å². The number of carbonyl (C=O) groups is 2. The molecule has 2 amide bonds. The minimum Gasteiger partial charge on any atom is -0.322 e. The second kappa shape index (κ2) is 7.88. The van der Waals surface area contributed by atoms with E-state index in [1.165, 1.54) is 6.34 Å². The summed E-state index contributed by atoms with van der Waals surface area (Å²) < 4.78 is 27.6. The Labute approximate surface area is 173 Å². The molecule has 2 aromatic rings. The van der Waals surface area contributed by atoms with Gasteiger partial charge in [-0.1, -0.05) is 28.1 Å². The molecule has 10 heteroatoms. The molecule has 0 aromatic heterocycles. The summed E-state index contributed by atoms with van der Waals surface area (Å²) in [5.41, 5.74) is 4.09. The third kappa shape index (κ3) is 4.13. The lowest BCUT2D eigenvalue weighted by atomic mass is 10.0. The molecule has 150 valence electrons. The van der Waals surface area contributed by atoms with Crippen LogP contribution in [0.25, 0.3) is 0 Å². The van der Waals surface area contributed by atoms with Crippen molar-refractivity contribution in [3.8, 4) is 0 Å². The number of nitrogens with one attached hydrogen (secondary N) is 2. The van der Waals surface area contributed by atoms with Gasteiger partial charge in [0, 0.05) is 10.5 Å². The molecule has 7 nitrogen and oxygen atoms in total. The summed E-state index contributed by atoms with van der Waals surface area (Å²) in [5, 5.41) is 9.01. The van der Waals surface area contributed by atoms with Gasteiger partial charge in [0.1, 0.15) is 30.6 Å². The monoisotopic (exact) mass is 463 g/mol. The average Bonchev–Trinajstić information content (AvgIpc) is 3.12. The number of hydrogen-bond donors (Lipinski definition) is 2. The van der Waals surface area contributed by atoms with Gasteiger partial charge in [-0.05, 0) is 36.2 Å². The molecule has 2 aliphatic heterocycles. The van der Waals surface area contributed by atoms with Crippen molar-refractivity contribution in [2.24, 2.45) is 5.10 Å². The van der Waals surface area contributed by atoms with Crippen LogP contribution in [0.4, 0.5) is 14.5 Å². The molecular weight excluding hydrogens is 448 g/mol. The normalized spacial score (nSPS) is 20.7. The summed E-state index contributed by atoms with van der Waals surface area (Å²) in [7, 11) is 0. The highest BCUT2D eigenvalue weighted by atomic mass is 79.9. The molecule has 2 aliphatic rings. The number of halogens is 3. The van der Waals surface area contributed by atoms with Crippen LogP contribution in [0.2, 0.25) is 0 Å². The largest absolute Gasteiger partial charge is 0.322 e. The van der Waals surface area contributed by atoms with E-state index in [1.807, 2.05) is 24.3 Å². The van der Waals surface area contributed by atoms with Gasteiger partial charge in [-0.15, -0.1) is 0 Å². The quantitative estimate of drug-likeness (QED) is 0.730. The molecule has 2 unspecified atom stereocenters. The first-order valence-electron chi connectivity index (χ1n) is 8.81. The Hall–Kier alpha value is -2.85. The number of amides is 2. The second-order valence-electron chi connectivity index (χ2n) is 6.69. The van der Waals surface area contributed by atoms with Crippen LogP contribution in [-0.4, -0.2) is 40.8 Å². The SMILES string of the molecule is O=C(CN1N=CN2NC(c3ccc(Br)cc3)CC2C1=O)Nc1ccc(F)cc1F. The molecule has 2 heterocycles. The molecule has 1 saturated heterocycles. The number of hydrazone groups is 1. The predicted molar refractivity (Wildman–Crippen MR) is 105 cm³/mol. The van der Waals surface area contributed by atoms with Gasteiger partial charge in [0.15, 0.2) is 0 Å². The number of benzene rings is 2. The molecule has 4 rings (SSSR count). The van der Waals surface area contributed by atoms with Crippen molar-refractivity contribution in [3.63, 3.8) is 0 Å². The third-order valence-corrected chi connectivity index (χ3v) is 5.25. The van der Waals surface area contributed by atoms with Gasteiger partial charge in [-0.2, -0.15) is 5.10 Å². The molecule has 1 fully saturated rings. The van der Waals surface area contributed by atoms with E-state index in [4.69, 9.17) is 0 Å². The van der Waals surface area contributed by atoms with Crippen molar-refractivity contribution >= 4 is 39.8 Å². The lowest BCUT2D eigenvalue weighted by Crippen LogP contribution is -2.52. The van der Waals surface area contributed by atoms with E-state index < -0.39 is 23.6 Å². The van der Waals surface area contributed by atoms with Crippen molar-refractivity contribution in [3.05, 3.63) is 64.1 Å². The van der Waals surface area contributed by atoms with E-state index in [1.54, 1.807) is 5.01 Å². The molecule has 0 saturated carbocycles. The lowest BCUT2D eigenvalue weighted by molar-refractivity contribution is -0.139. The zero-order valence-corrected chi connectivity index (χ0v) is 16.6. The number of carbonyl (C=O) groups excluding carboxylic acids is 2. The van der Waals surface area contributed by atoms with Crippen LogP contribution in [0.5, 0.6) is 0 Å². The van der Waals surface area contributed by atoms with E-state index in [2.05, 4.69) is 31.8 Å². The number of fused-ring (bicyclic) bond motifs is 1. The smallest absolute Gasteiger partial charge is 0.267 e. The van der Waals surface area contributed by atoms with E-state index in [0.717, 1.165) is 27.2 Å². The maximum atomic E-state index is 13.7. The van der Waals surface area contributed by atoms with Crippen molar-refractivity contribution in [1.29, 1.82) is 0 Å². The summed E-state index contributed by atoms with van der Waals surface area (Å²) in [5.74, 6) is -2.61. The summed E-state index contributed by atoms with van der Waals surface area (Å²) in [6.45, 7) is -0.376. The first kappa shape index (κ1) is 19.5. The summed E-state index contributed by atoms with van der Waals surface area (Å²) in [6.07, 6.45) is 1.97. The zero-order chi connectivity index (χ0) is 20.5. The van der Waals surface area contributed by atoms with Gasteiger partial charge >= 0.3 is 0 Å². The first-order valence-corrected chi connectivity index (χ1v) is 9.60. The van der Waals surface area contributed by atoms with Gasteiger partial charge in [0.2, 0.25) is 5.91 Å². The van der Waals surface area contributed by atoms with E-state index in [0.29, 0.717) is 12.5 Å². The Kier molecular flexibility index (Phi) is 5.29. The number of rotatable bonds is 4. The number of nitrogens with zero attached hydrogens (tertiary/aromatic N) is 3.